The van der Waals surface area contributed by atoms with Gasteiger partial charge in [0.15, 0.2) is 0 Å². The number of aryl methyl sites for hydroxylation is 2. The Labute approximate surface area is 98.0 Å². The van der Waals surface area contributed by atoms with E-state index in [0.29, 0.717) is 0 Å². The lowest BCUT2D eigenvalue weighted by atomic mass is 10.1. The Balaban J connectivity index is 2.82. The predicted octanol–water partition coefficient (Wildman–Crippen LogP) is 2.57. The van der Waals surface area contributed by atoms with Gasteiger partial charge < -0.3 is 3.79 Å². The number of aromatic nitrogens is 1. The summed E-state index contributed by atoms with van der Waals surface area (Å²) in [6.07, 6.45) is 1.01. The Morgan fingerprint density at radius 3 is 2.87 bits per heavy atom. The van der Waals surface area contributed by atoms with Gasteiger partial charge in [0.05, 0.1) is 0 Å². The zero-order valence-corrected chi connectivity index (χ0v) is 10.1. The van der Waals surface area contributed by atoms with Crippen molar-refractivity contribution in [3.63, 3.8) is 0 Å². The van der Waals surface area contributed by atoms with Crippen LogP contribution in [0.15, 0.2) is 24.3 Å². The quantitative estimate of drug-likeness (QED) is 0.715. The van der Waals surface area contributed by atoms with Crippen LogP contribution < -0.4 is 3.79 Å². The lowest BCUT2D eigenvalue weighted by Crippen LogP contribution is -1.94. The lowest BCUT2D eigenvalue weighted by Gasteiger charge is -2.10. The van der Waals surface area contributed by atoms with Crippen molar-refractivity contribution in [1.29, 1.82) is 0 Å². The third kappa shape index (κ3) is 1.86. The van der Waals surface area contributed by atoms with Gasteiger partial charge in [0.2, 0.25) is 0 Å². The summed E-state index contributed by atoms with van der Waals surface area (Å²) in [5, 5.41) is 1.18. The normalized spacial score (nSPS) is 10.5. The number of pyridine rings is 1. The fourth-order valence-corrected chi connectivity index (χ4v) is 2.01. The van der Waals surface area contributed by atoms with Crippen LogP contribution in [-0.4, -0.2) is 21.6 Å². The van der Waals surface area contributed by atoms with Crippen LogP contribution >= 0.6 is 0 Å². The smallest absolute Gasteiger partial charge is 0.482 e. The van der Waals surface area contributed by atoms with Gasteiger partial charge in [-0.2, -0.15) is 0 Å². The summed E-state index contributed by atoms with van der Waals surface area (Å²) in [5.74, 6) is 0.816. The molecule has 0 amide bonds. The molecule has 0 saturated heterocycles. The molecule has 2 aromatic rings. The van der Waals surface area contributed by atoms with Gasteiger partial charge in [-0.1, -0.05) is 19.1 Å². The first-order chi connectivity index (χ1) is 7.26. The Bertz CT molecular complexity index is 496. The van der Waals surface area contributed by atoms with E-state index in [1.54, 1.807) is 0 Å². The maximum absolute atomic E-state index is 5.24. The van der Waals surface area contributed by atoms with Gasteiger partial charge in [-0.3, -0.25) is 0 Å². The van der Waals surface area contributed by atoms with Gasteiger partial charge in [-0.15, -0.1) is 0 Å². The van der Waals surface area contributed by atoms with E-state index in [1.165, 1.54) is 10.9 Å². The van der Waals surface area contributed by atoms with E-state index in [9.17, 15) is 0 Å². The first kappa shape index (κ1) is 10.5. The predicted molar refractivity (Wildman–Crippen MR) is 62.2 cm³/mol. The van der Waals surface area contributed by atoms with E-state index >= 15 is 0 Å². The van der Waals surface area contributed by atoms with Crippen LogP contribution in [0.1, 0.15) is 18.2 Å². The highest BCUT2D eigenvalue weighted by Crippen LogP contribution is 2.26. The van der Waals surface area contributed by atoms with Gasteiger partial charge >= 0.3 is 16.6 Å². The second-order valence-electron chi connectivity index (χ2n) is 3.55. The van der Waals surface area contributed by atoms with E-state index in [-0.39, 0.29) is 0 Å². The highest BCUT2D eigenvalue weighted by atomic mass is 27.1. The third-order valence-electron chi connectivity index (χ3n) is 2.52. The summed E-state index contributed by atoms with van der Waals surface area (Å²) in [4.78, 5) is 4.52. The standard InChI is InChI=1S/C12H13NO.Al/c1-3-9-7-8(2)13-12-10(9)5-4-6-11(12)14;/h4-7,14H,3H2,1-2H3;/q;+1/p-1. The lowest BCUT2D eigenvalue weighted by molar-refractivity contribution is 0.621. The topological polar surface area (TPSA) is 22.1 Å². The number of para-hydroxylation sites is 1. The number of nitrogens with zero attached hydrogens (tertiary/aromatic N) is 1. The summed E-state index contributed by atoms with van der Waals surface area (Å²) in [7, 11) is 0. The maximum Gasteiger partial charge on any atom is 0.482 e. The Morgan fingerprint density at radius 2 is 2.20 bits per heavy atom. The molecule has 0 spiro atoms. The van der Waals surface area contributed by atoms with Crippen molar-refractivity contribution in [2.24, 2.45) is 0 Å². The summed E-state index contributed by atoms with van der Waals surface area (Å²) in [6.45, 7) is 4.17. The molecule has 15 heavy (non-hydrogen) atoms. The van der Waals surface area contributed by atoms with Crippen molar-refractivity contribution in [2.45, 2.75) is 20.3 Å². The number of hydrogen-bond acceptors (Lipinski definition) is 2. The van der Waals surface area contributed by atoms with Crippen molar-refractivity contribution in [1.82, 2.24) is 4.98 Å². The van der Waals surface area contributed by atoms with Crippen LogP contribution in [0, 0.1) is 6.92 Å². The zero-order valence-electron chi connectivity index (χ0n) is 8.95. The van der Waals surface area contributed by atoms with Crippen LogP contribution in [-0.2, 0) is 6.42 Å². The molecule has 0 unspecified atom stereocenters. The summed E-state index contributed by atoms with van der Waals surface area (Å²) in [6, 6.07) is 8.15. The minimum absolute atomic E-state index is 0.816. The largest absolute Gasteiger partial charge is 0.652 e. The van der Waals surface area contributed by atoms with Crippen LogP contribution in [0.5, 0.6) is 5.75 Å². The summed E-state index contributed by atoms with van der Waals surface area (Å²) >= 11 is 2.27. The van der Waals surface area contributed by atoms with Crippen molar-refractivity contribution in [3.05, 3.63) is 35.5 Å². The molecule has 2 radical (unpaired) electrons. The van der Waals surface area contributed by atoms with Gasteiger partial charge in [-0.25, -0.2) is 4.98 Å². The third-order valence-corrected chi connectivity index (χ3v) is 2.78. The first-order valence-corrected chi connectivity index (χ1v) is 5.49. The van der Waals surface area contributed by atoms with Gasteiger partial charge in [0, 0.05) is 11.1 Å². The Kier molecular flexibility index (Phi) is 2.95. The molecule has 3 heteroatoms. The molecule has 0 aliphatic heterocycles. The molecule has 0 aliphatic carbocycles. The molecule has 0 atom stereocenters. The molecule has 2 nitrogen and oxygen atoms in total. The van der Waals surface area contributed by atoms with E-state index in [2.05, 4.69) is 40.7 Å². The first-order valence-electron chi connectivity index (χ1n) is 5.02. The second-order valence-corrected chi connectivity index (χ2v) is 3.78. The van der Waals surface area contributed by atoms with E-state index in [0.717, 1.165) is 23.4 Å². The van der Waals surface area contributed by atoms with E-state index in [4.69, 9.17) is 3.79 Å². The maximum atomic E-state index is 5.24. The Hall–Kier alpha value is -1.04. The highest BCUT2D eigenvalue weighted by molar-refractivity contribution is 6.02. The number of fused-ring (bicyclic) bond motifs is 1. The minimum Gasteiger partial charge on any atom is -0.652 e. The van der Waals surface area contributed by atoms with Crippen molar-refractivity contribution in [3.8, 4) is 5.75 Å². The molecule has 0 N–H and O–H groups in total. The molecular formula is C12H12AlNO. The molecule has 0 aliphatic rings. The van der Waals surface area contributed by atoms with Gasteiger partial charge in [-0.05, 0) is 31.0 Å². The fourth-order valence-electron chi connectivity index (χ4n) is 1.82. The van der Waals surface area contributed by atoms with Crippen LogP contribution in [0.4, 0.5) is 0 Å². The van der Waals surface area contributed by atoms with Crippen molar-refractivity contribution in [2.75, 3.05) is 0 Å². The number of rotatable bonds is 2. The molecule has 2 rings (SSSR count). The molecule has 74 valence electrons. The summed E-state index contributed by atoms with van der Waals surface area (Å²) in [5.41, 5.74) is 3.31. The molecule has 0 saturated carbocycles. The van der Waals surface area contributed by atoms with Gasteiger partial charge in [0.1, 0.15) is 11.3 Å². The van der Waals surface area contributed by atoms with E-state index in [1.807, 2.05) is 19.1 Å². The highest BCUT2D eigenvalue weighted by Gasteiger charge is 2.05. The zero-order chi connectivity index (χ0) is 10.8. The number of benzene rings is 1. The molecule has 0 fully saturated rings. The molecule has 1 aromatic carbocycles. The van der Waals surface area contributed by atoms with E-state index < -0.39 is 0 Å². The van der Waals surface area contributed by atoms with Crippen molar-refractivity contribution >= 4 is 27.5 Å². The fraction of sp³-hybridized carbons (Fsp3) is 0.250. The SMILES string of the molecule is CCc1cc(C)nc2c([O][Al])cccc12. The van der Waals surface area contributed by atoms with Gasteiger partial charge in [0.25, 0.3) is 0 Å². The van der Waals surface area contributed by atoms with Crippen molar-refractivity contribution < 1.29 is 3.79 Å². The molecular weight excluding hydrogens is 201 g/mol. The molecule has 1 aromatic heterocycles. The minimum atomic E-state index is 0.816. The van der Waals surface area contributed by atoms with Crippen LogP contribution in [0.2, 0.25) is 0 Å². The monoisotopic (exact) mass is 213 g/mol. The molecule has 1 heterocycles. The second kappa shape index (κ2) is 4.22. The van der Waals surface area contributed by atoms with Crippen LogP contribution in [0.3, 0.4) is 0 Å². The molecule has 0 bridgehead atoms. The average molecular weight is 213 g/mol. The average Bonchev–Trinajstić information content (AvgIpc) is 2.27. The Morgan fingerprint density at radius 1 is 1.40 bits per heavy atom. The number of hydrogen-bond donors (Lipinski definition) is 0. The summed E-state index contributed by atoms with van der Waals surface area (Å²) < 4.78 is 5.24. The van der Waals surface area contributed by atoms with Crippen LogP contribution in [0.25, 0.3) is 10.9 Å².